The summed E-state index contributed by atoms with van der Waals surface area (Å²) in [6.07, 6.45) is 0. The highest BCUT2D eigenvalue weighted by atomic mass is 16.3. The molecule has 0 aliphatic heterocycles. The Morgan fingerprint density at radius 3 is 0.862 bits per heavy atom. The lowest BCUT2D eigenvalue weighted by molar-refractivity contribution is 0.668. The molecule has 0 unspecified atom stereocenters. The van der Waals surface area contributed by atoms with Crippen LogP contribution in [-0.4, -0.2) is 0 Å². The Bertz CT molecular complexity index is 9260. The average Bonchev–Trinajstić information content (AvgIpc) is 1.59. The van der Waals surface area contributed by atoms with Crippen LogP contribution in [0, 0.1) is 0 Å². The Morgan fingerprint density at radius 1 is 0.130 bits per heavy atom. The molecule has 3 aromatic heterocycles. The molecule has 24 aromatic carbocycles. The zero-order valence-corrected chi connectivity index (χ0v) is 75.3. The minimum atomic E-state index is 0.868. The Kier molecular flexibility index (Phi) is 20.9. The molecular weight excluding hydrogens is 1680 g/mol. The zero-order valence-electron chi connectivity index (χ0n) is 75.3. The Morgan fingerprint density at radius 2 is 0.413 bits per heavy atom. The molecule has 6 nitrogen and oxygen atoms in total. The molecule has 138 heavy (non-hydrogen) atoms. The SMILES string of the molecule is c1ccc(N(c2ccc(-c3ccc4ccccc4c3)cc2)c2ccc3c(c2)oc2cccc(-c4cccc5ccccc45)c23)cc1.c1ccc(N(c2ccc(-c3ccc4ccccc4c3)cc2)c2cccc3c2oc2cccc(-c4cccc5ccccc45)c23)cc1.c1ccc(N(c2ccc(-c3ccc4ccccc4c3)cc2)c2cccc3oc4cccc(-c5cccc6ccccc56)c4c23)cc1. The monoisotopic (exact) mass is 1760 g/mol. The maximum Gasteiger partial charge on any atom is 0.159 e. The van der Waals surface area contributed by atoms with E-state index in [4.69, 9.17) is 13.3 Å². The van der Waals surface area contributed by atoms with Crippen molar-refractivity contribution in [1.82, 2.24) is 0 Å². The van der Waals surface area contributed by atoms with Crippen LogP contribution in [0.1, 0.15) is 0 Å². The Balaban J connectivity index is 0.000000110. The van der Waals surface area contributed by atoms with Crippen LogP contribution < -0.4 is 14.7 Å². The molecule has 0 aliphatic rings. The molecule has 0 amide bonds. The van der Waals surface area contributed by atoms with E-state index in [0.717, 1.165) is 117 Å². The molecule has 0 spiro atoms. The van der Waals surface area contributed by atoms with Crippen LogP contribution in [0.4, 0.5) is 51.2 Å². The molecule has 648 valence electrons. The van der Waals surface area contributed by atoms with Crippen LogP contribution in [-0.2, 0) is 0 Å². The standard InChI is InChI=1S/3C44H29NO/c1-2-15-35(16-3-1)45(36-27-25-31(26-28-36)34-24-23-30-11-4-5-13-33(30)29-34)41-21-9-20-40-43-39(19-10-22-42(43)46-44(40)41)38-18-8-14-32-12-6-7-17-37(32)38;1-2-15-35(16-3-1)45(36-27-25-31(26-28-36)34-24-23-30-11-4-5-13-33(30)29-34)40-20-10-22-42-44(40)43-39(19-9-21-41(43)46-42)38-18-8-14-32-12-6-7-17-37(32)38;1-2-14-35(15-3-1)45(36-24-22-31(23-25-36)34-21-20-30-10-4-5-12-33(30)28-34)37-26-27-41-43(29-37)46-42-19-9-18-40(44(41)42)39-17-8-13-32-11-6-7-16-38(32)39/h3*1-29H. The minimum absolute atomic E-state index is 0.868. The van der Waals surface area contributed by atoms with Crippen LogP contribution >= 0.6 is 0 Å². The number of rotatable bonds is 15. The van der Waals surface area contributed by atoms with Gasteiger partial charge >= 0.3 is 0 Å². The van der Waals surface area contributed by atoms with Crippen molar-refractivity contribution in [2.75, 3.05) is 14.7 Å². The molecule has 0 saturated heterocycles. The van der Waals surface area contributed by atoms with Gasteiger partial charge in [0.2, 0.25) is 0 Å². The van der Waals surface area contributed by atoms with E-state index in [0.29, 0.717) is 0 Å². The van der Waals surface area contributed by atoms with Gasteiger partial charge in [0.1, 0.15) is 27.9 Å². The molecule has 27 rings (SSSR count). The Hall–Kier alpha value is -18.4. The predicted molar refractivity (Wildman–Crippen MR) is 583 cm³/mol. The predicted octanol–water partition coefficient (Wildman–Crippen LogP) is 38.1. The Labute approximate surface area is 798 Å². The molecule has 0 bridgehead atoms. The van der Waals surface area contributed by atoms with Gasteiger partial charge in [0, 0.05) is 72.8 Å². The summed E-state index contributed by atoms with van der Waals surface area (Å²) in [4.78, 5) is 6.94. The summed E-state index contributed by atoms with van der Waals surface area (Å²) in [7, 11) is 0. The van der Waals surface area contributed by atoms with Crippen molar-refractivity contribution in [2.45, 2.75) is 0 Å². The lowest BCUT2D eigenvalue weighted by Crippen LogP contribution is -2.10. The topological polar surface area (TPSA) is 49.1 Å². The normalized spacial score (nSPS) is 11.5. The number of furan rings is 3. The summed E-state index contributed by atoms with van der Waals surface area (Å²) in [6.45, 7) is 0. The third-order valence-electron chi connectivity index (χ3n) is 27.1. The molecule has 0 fully saturated rings. The minimum Gasteiger partial charge on any atom is -0.456 e. The summed E-state index contributed by atoms with van der Waals surface area (Å²) in [5.41, 5.74) is 29.2. The van der Waals surface area contributed by atoms with Crippen LogP contribution in [0.25, 0.3) is 197 Å². The first kappa shape index (κ1) is 81.6. The van der Waals surface area contributed by atoms with E-state index in [1.54, 1.807) is 0 Å². The second kappa shape index (κ2) is 35.3. The number of hydrogen-bond donors (Lipinski definition) is 0. The third kappa shape index (κ3) is 15.1. The highest BCUT2D eigenvalue weighted by Crippen LogP contribution is 2.51. The van der Waals surface area contributed by atoms with Crippen molar-refractivity contribution in [3.8, 4) is 66.8 Å². The van der Waals surface area contributed by atoms with Gasteiger partial charge in [-0.3, -0.25) is 0 Å². The molecule has 3 heterocycles. The van der Waals surface area contributed by atoms with Crippen molar-refractivity contribution in [1.29, 1.82) is 0 Å². The van der Waals surface area contributed by atoms with Gasteiger partial charge in [0.05, 0.1) is 16.8 Å². The molecule has 6 heteroatoms. The van der Waals surface area contributed by atoms with Gasteiger partial charge in [-0.05, 0) is 271 Å². The number of para-hydroxylation sites is 4. The first-order valence-corrected chi connectivity index (χ1v) is 47.1. The van der Waals surface area contributed by atoms with Gasteiger partial charge in [-0.1, -0.05) is 382 Å². The van der Waals surface area contributed by atoms with E-state index in [-0.39, 0.29) is 0 Å². The first-order chi connectivity index (χ1) is 68.4. The van der Waals surface area contributed by atoms with Gasteiger partial charge in [0.25, 0.3) is 0 Å². The summed E-state index contributed by atoms with van der Waals surface area (Å²) in [5, 5.41) is 21.6. The molecule has 27 aromatic rings. The van der Waals surface area contributed by atoms with Gasteiger partial charge in [0.15, 0.2) is 5.58 Å². The average molecular weight is 1760 g/mol. The number of nitrogens with zero attached hydrogens (tertiary/aromatic N) is 3. The van der Waals surface area contributed by atoms with Gasteiger partial charge in [-0.15, -0.1) is 0 Å². The van der Waals surface area contributed by atoms with Crippen molar-refractivity contribution in [3.05, 3.63) is 528 Å². The van der Waals surface area contributed by atoms with Crippen molar-refractivity contribution >= 4 is 182 Å². The second-order valence-electron chi connectivity index (χ2n) is 35.2. The van der Waals surface area contributed by atoms with E-state index in [1.807, 2.05) is 0 Å². The summed E-state index contributed by atoms with van der Waals surface area (Å²) in [5.74, 6) is 0. The van der Waals surface area contributed by atoms with Crippen LogP contribution in [0.3, 0.4) is 0 Å². The van der Waals surface area contributed by atoms with E-state index in [9.17, 15) is 0 Å². The molecule has 0 saturated carbocycles. The summed E-state index contributed by atoms with van der Waals surface area (Å²) in [6, 6.07) is 188. The summed E-state index contributed by atoms with van der Waals surface area (Å²) >= 11 is 0. The van der Waals surface area contributed by atoms with E-state index in [1.165, 1.54) is 131 Å². The molecule has 0 atom stereocenters. The largest absolute Gasteiger partial charge is 0.456 e. The molecule has 0 aliphatic carbocycles. The quantitative estimate of drug-likeness (QED) is 0.102. The second-order valence-corrected chi connectivity index (χ2v) is 35.2. The number of fused-ring (bicyclic) bond motifs is 15. The number of anilines is 9. The zero-order chi connectivity index (χ0) is 91.4. The van der Waals surface area contributed by atoms with Crippen molar-refractivity contribution in [3.63, 3.8) is 0 Å². The third-order valence-corrected chi connectivity index (χ3v) is 27.1. The van der Waals surface area contributed by atoms with Crippen LogP contribution in [0.2, 0.25) is 0 Å². The summed E-state index contributed by atoms with van der Waals surface area (Å²) < 4.78 is 19.9. The van der Waals surface area contributed by atoms with Gasteiger partial charge < -0.3 is 28.0 Å². The van der Waals surface area contributed by atoms with Crippen molar-refractivity contribution in [2.24, 2.45) is 0 Å². The fourth-order valence-electron chi connectivity index (χ4n) is 20.6. The maximum atomic E-state index is 6.77. The van der Waals surface area contributed by atoms with Crippen LogP contribution in [0.15, 0.2) is 541 Å². The smallest absolute Gasteiger partial charge is 0.159 e. The number of benzene rings is 24. The van der Waals surface area contributed by atoms with Gasteiger partial charge in [-0.2, -0.15) is 0 Å². The lowest BCUT2D eigenvalue weighted by atomic mass is 9.94. The molecule has 0 N–H and O–H groups in total. The highest BCUT2D eigenvalue weighted by molar-refractivity contribution is 6.22. The number of hydrogen-bond acceptors (Lipinski definition) is 6. The van der Waals surface area contributed by atoms with E-state index < -0.39 is 0 Å². The maximum absolute atomic E-state index is 6.77. The van der Waals surface area contributed by atoms with Crippen LogP contribution in [0.5, 0.6) is 0 Å². The fourth-order valence-corrected chi connectivity index (χ4v) is 20.6. The fraction of sp³-hybridized carbons (Fsp3) is 0. The molecule has 0 radical (unpaired) electrons. The highest BCUT2D eigenvalue weighted by Gasteiger charge is 2.27. The van der Waals surface area contributed by atoms with Crippen molar-refractivity contribution < 1.29 is 13.3 Å². The lowest BCUT2D eigenvalue weighted by Gasteiger charge is -2.26. The van der Waals surface area contributed by atoms with E-state index in [2.05, 4.69) is 542 Å². The first-order valence-electron chi connectivity index (χ1n) is 47.1. The van der Waals surface area contributed by atoms with E-state index >= 15 is 0 Å². The molecular formula is C132H87N3O3. The van der Waals surface area contributed by atoms with Gasteiger partial charge in [-0.25, -0.2) is 0 Å².